The second kappa shape index (κ2) is 9.19. The maximum atomic E-state index is 5.78. The summed E-state index contributed by atoms with van der Waals surface area (Å²) in [5.41, 5.74) is 2.67. The second-order valence-electron chi connectivity index (χ2n) is 6.28. The molecule has 1 aromatic rings. The molecule has 118 valence electrons. The monoisotopic (exact) mass is 290 g/mol. The van der Waals surface area contributed by atoms with E-state index in [1.165, 1.54) is 37.1 Å². The van der Waals surface area contributed by atoms with Gasteiger partial charge in [0.25, 0.3) is 0 Å². The molecule has 0 atom stereocenters. The molecule has 1 saturated heterocycles. The lowest BCUT2D eigenvalue weighted by atomic mass is 10.1. The van der Waals surface area contributed by atoms with E-state index in [0.717, 1.165) is 32.7 Å². The van der Waals surface area contributed by atoms with Gasteiger partial charge < -0.3 is 15.0 Å². The van der Waals surface area contributed by atoms with Gasteiger partial charge in [-0.25, -0.2) is 0 Å². The van der Waals surface area contributed by atoms with E-state index in [1.54, 1.807) is 0 Å². The summed E-state index contributed by atoms with van der Waals surface area (Å²) in [7, 11) is 0. The van der Waals surface area contributed by atoms with Crippen LogP contribution in [0.5, 0.6) is 0 Å². The van der Waals surface area contributed by atoms with E-state index in [2.05, 4.69) is 48.3 Å². The molecule has 1 N–H and O–H groups in total. The predicted octanol–water partition coefficient (Wildman–Crippen LogP) is 2.84. The average Bonchev–Trinajstić information content (AvgIpc) is 2.98. The maximum Gasteiger partial charge on any atom is 0.0717 e. The first kappa shape index (κ1) is 16.5. The molecule has 0 radical (unpaired) electrons. The van der Waals surface area contributed by atoms with Crippen LogP contribution >= 0.6 is 0 Å². The zero-order valence-electron chi connectivity index (χ0n) is 13.6. The number of ether oxygens (including phenoxy) is 1. The predicted molar refractivity (Wildman–Crippen MR) is 88.6 cm³/mol. The molecule has 0 amide bonds. The Bertz CT molecular complexity index is 383. The number of nitrogens with zero attached hydrogens (tertiary/aromatic N) is 1. The second-order valence-corrected chi connectivity index (χ2v) is 6.28. The first-order valence-corrected chi connectivity index (χ1v) is 8.35. The molecule has 1 aliphatic rings. The molecule has 1 fully saturated rings. The van der Waals surface area contributed by atoms with Gasteiger partial charge in [0.05, 0.1) is 13.2 Å². The van der Waals surface area contributed by atoms with Crippen molar-refractivity contribution in [1.29, 1.82) is 0 Å². The number of hydrogen-bond acceptors (Lipinski definition) is 3. The summed E-state index contributed by atoms with van der Waals surface area (Å²) >= 11 is 0. The van der Waals surface area contributed by atoms with Crippen LogP contribution in [0.15, 0.2) is 24.3 Å². The lowest BCUT2D eigenvalue weighted by Gasteiger charge is -2.14. The van der Waals surface area contributed by atoms with Gasteiger partial charge in [-0.3, -0.25) is 0 Å². The molecule has 0 aliphatic carbocycles. The molecule has 3 heteroatoms. The maximum absolute atomic E-state index is 5.78. The number of benzene rings is 1. The minimum absolute atomic E-state index is 0.563. The van der Waals surface area contributed by atoms with Gasteiger partial charge in [0, 0.05) is 12.6 Å². The minimum atomic E-state index is 0.563. The highest BCUT2D eigenvalue weighted by atomic mass is 16.5. The molecule has 3 nitrogen and oxygen atoms in total. The molecule has 0 unspecified atom stereocenters. The molecule has 0 spiro atoms. The van der Waals surface area contributed by atoms with Gasteiger partial charge >= 0.3 is 0 Å². The summed E-state index contributed by atoms with van der Waals surface area (Å²) in [4.78, 5) is 2.49. The molecule has 1 heterocycles. The van der Waals surface area contributed by atoms with Gasteiger partial charge in [0.2, 0.25) is 0 Å². The van der Waals surface area contributed by atoms with Crippen LogP contribution in [0.25, 0.3) is 0 Å². The van der Waals surface area contributed by atoms with Gasteiger partial charge in [0.1, 0.15) is 0 Å². The number of rotatable bonds is 9. The zero-order valence-corrected chi connectivity index (χ0v) is 13.6. The highest BCUT2D eigenvalue weighted by molar-refractivity contribution is 5.22. The van der Waals surface area contributed by atoms with E-state index in [9.17, 15) is 0 Å². The number of hydrogen-bond donors (Lipinski definition) is 1. The molecular formula is C18H30N2O. The largest absolute Gasteiger partial charge is 0.375 e. The van der Waals surface area contributed by atoms with Crippen LogP contribution in [0.3, 0.4) is 0 Å². The van der Waals surface area contributed by atoms with Crippen molar-refractivity contribution in [1.82, 2.24) is 10.2 Å². The van der Waals surface area contributed by atoms with E-state index >= 15 is 0 Å². The highest BCUT2D eigenvalue weighted by Crippen LogP contribution is 2.08. The first-order chi connectivity index (χ1) is 10.2. The Labute approximate surface area is 129 Å². The quantitative estimate of drug-likeness (QED) is 0.708. The van der Waals surface area contributed by atoms with Crippen LogP contribution in [-0.2, 0) is 17.8 Å². The lowest BCUT2D eigenvalue weighted by molar-refractivity contribution is 0.0992. The first-order valence-electron chi connectivity index (χ1n) is 8.35. The Hall–Kier alpha value is -0.900. The van der Waals surface area contributed by atoms with Gasteiger partial charge in [-0.05, 0) is 50.0 Å². The van der Waals surface area contributed by atoms with E-state index in [4.69, 9.17) is 4.74 Å². The number of nitrogens with one attached hydrogen (secondary N) is 1. The van der Waals surface area contributed by atoms with E-state index in [1.807, 2.05) is 0 Å². The fourth-order valence-electron chi connectivity index (χ4n) is 2.70. The van der Waals surface area contributed by atoms with Crippen molar-refractivity contribution >= 4 is 0 Å². The fraction of sp³-hybridized carbons (Fsp3) is 0.667. The summed E-state index contributed by atoms with van der Waals surface area (Å²) in [5, 5.41) is 3.45. The van der Waals surface area contributed by atoms with Crippen molar-refractivity contribution in [2.45, 2.75) is 45.8 Å². The SMILES string of the molecule is CC(C)NCCc1ccc(COCCN2CCCC2)cc1. The van der Waals surface area contributed by atoms with Crippen molar-refractivity contribution in [3.63, 3.8) is 0 Å². The number of likely N-dealkylation sites (tertiary alicyclic amines) is 1. The molecule has 0 bridgehead atoms. The van der Waals surface area contributed by atoms with E-state index < -0.39 is 0 Å². The van der Waals surface area contributed by atoms with Crippen LogP contribution in [-0.4, -0.2) is 43.7 Å². The Balaban J connectivity index is 1.60. The van der Waals surface area contributed by atoms with Gasteiger partial charge in [-0.2, -0.15) is 0 Å². The summed E-state index contributed by atoms with van der Waals surface area (Å²) in [6.45, 7) is 10.6. The van der Waals surface area contributed by atoms with Crippen molar-refractivity contribution in [3.05, 3.63) is 35.4 Å². The van der Waals surface area contributed by atoms with Crippen LogP contribution in [0, 0.1) is 0 Å². The normalized spacial score (nSPS) is 16.0. The third kappa shape index (κ3) is 6.60. The standard InChI is InChI=1S/C18H30N2O/c1-16(2)19-10-9-17-5-7-18(8-6-17)15-21-14-13-20-11-3-4-12-20/h5-8,16,19H,3-4,9-15H2,1-2H3. The highest BCUT2D eigenvalue weighted by Gasteiger charge is 2.10. The fourth-order valence-corrected chi connectivity index (χ4v) is 2.70. The van der Waals surface area contributed by atoms with E-state index in [-0.39, 0.29) is 0 Å². The Morgan fingerprint density at radius 1 is 1.10 bits per heavy atom. The third-order valence-electron chi connectivity index (χ3n) is 4.01. The molecule has 2 rings (SSSR count). The van der Waals surface area contributed by atoms with Gasteiger partial charge in [-0.15, -0.1) is 0 Å². The van der Waals surface area contributed by atoms with Crippen molar-refractivity contribution in [3.8, 4) is 0 Å². The molecule has 1 aliphatic heterocycles. The third-order valence-corrected chi connectivity index (χ3v) is 4.01. The molecule has 1 aromatic carbocycles. The Kier molecular flexibility index (Phi) is 7.20. The smallest absolute Gasteiger partial charge is 0.0717 e. The van der Waals surface area contributed by atoms with E-state index in [0.29, 0.717) is 6.04 Å². The molecule has 0 aromatic heterocycles. The summed E-state index contributed by atoms with van der Waals surface area (Å²) in [6.07, 6.45) is 3.80. The van der Waals surface area contributed by atoms with Crippen molar-refractivity contribution < 1.29 is 4.74 Å². The topological polar surface area (TPSA) is 24.5 Å². The lowest BCUT2D eigenvalue weighted by Crippen LogP contribution is -2.24. The van der Waals surface area contributed by atoms with Crippen molar-refractivity contribution in [2.24, 2.45) is 0 Å². The van der Waals surface area contributed by atoms with Gasteiger partial charge in [-0.1, -0.05) is 38.1 Å². The molecule has 21 heavy (non-hydrogen) atoms. The summed E-state index contributed by atoms with van der Waals surface area (Å²) in [5.74, 6) is 0. The van der Waals surface area contributed by atoms with Crippen LogP contribution in [0.1, 0.15) is 37.8 Å². The van der Waals surface area contributed by atoms with Crippen molar-refractivity contribution in [2.75, 3.05) is 32.8 Å². The minimum Gasteiger partial charge on any atom is -0.375 e. The summed E-state index contributed by atoms with van der Waals surface area (Å²) in [6, 6.07) is 9.40. The Morgan fingerprint density at radius 2 is 1.76 bits per heavy atom. The van der Waals surface area contributed by atoms with Crippen LogP contribution < -0.4 is 5.32 Å². The van der Waals surface area contributed by atoms with Crippen LogP contribution in [0.2, 0.25) is 0 Å². The molecular weight excluding hydrogens is 260 g/mol. The Morgan fingerprint density at radius 3 is 2.43 bits per heavy atom. The summed E-state index contributed by atoms with van der Waals surface area (Å²) < 4.78 is 5.78. The van der Waals surface area contributed by atoms with Crippen LogP contribution in [0.4, 0.5) is 0 Å². The average molecular weight is 290 g/mol. The molecule has 0 saturated carbocycles. The van der Waals surface area contributed by atoms with Gasteiger partial charge in [0.15, 0.2) is 0 Å². The zero-order chi connectivity index (χ0) is 14.9.